The molecule has 0 saturated carbocycles. The van der Waals surface area contributed by atoms with E-state index in [0.29, 0.717) is 11.7 Å². The lowest BCUT2D eigenvalue weighted by Crippen LogP contribution is -2.05. The van der Waals surface area contributed by atoms with Gasteiger partial charge in [0, 0.05) is 10.9 Å². The van der Waals surface area contributed by atoms with Crippen LogP contribution in [-0.4, -0.2) is 17.3 Å². The number of rotatable bonds is 2. The highest BCUT2D eigenvalue weighted by atomic mass is 16.5. The predicted molar refractivity (Wildman–Crippen MR) is 115 cm³/mol. The van der Waals surface area contributed by atoms with Gasteiger partial charge in [-0.2, -0.15) is 0 Å². The van der Waals surface area contributed by atoms with Crippen LogP contribution < -0.4 is 10.5 Å². The second-order valence-electron chi connectivity index (χ2n) is 7.42. The summed E-state index contributed by atoms with van der Waals surface area (Å²) in [5.74, 6) is 2.90. The van der Waals surface area contributed by atoms with Crippen molar-refractivity contribution in [3.8, 4) is 16.9 Å². The van der Waals surface area contributed by atoms with E-state index in [4.69, 9.17) is 20.0 Å². The first-order valence-electron chi connectivity index (χ1n) is 10.2. The zero-order chi connectivity index (χ0) is 20.4. The van der Waals surface area contributed by atoms with Gasteiger partial charge in [-0.1, -0.05) is 32.3 Å². The van der Waals surface area contributed by atoms with Crippen molar-refractivity contribution in [3.05, 3.63) is 34.7 Å². The first kappa shape index (κ1) is 20.2. The fraction of sp³-hybridized carbons (Fsp3) is 0.478. The van der Waals surface area contributed by atoms with Crippen molar-refractivity contribution < 1.29 is 9.26 Å². The average Bonchev–Trinajstić information content (AvgIpc) is 2.89. The Kier molecular flexibility index (Phi) is 5.92. The van der Waals surface area contributed by atoms with Gasteiger partial charge in [0.15, 0.2) is 0 Å². The third-order valence-electron chi connectivity index (χ3n) is 5.54. The van der Waals surface area contributed by atoms with Crippen LogP contribution in [-0.2, 0) is 12.8 Å². The predicted octanol–water partition coefficient (Wildman–Crippen LogP) is 5.64. The fourth-order valence-electron chi connectivity index (χ4n) is 4.24. The standard InChI is InChI=1S/C21H25N3O2.C2H6/c1-11-6-5-7-14-15(8-11)16-10-19(25-4)17(9-18(16)23-21(14)22)20-12(2)24-26-13(20)3;1-2/h9-11H,5-8H2,1-4H3,(H2,22,23);1-2H3. The molecule has 2 N–H and O–H groups in total. The van der Waals surface area contributed by atoms with Gasteiger partial charge in [-0.05, 0) is 62.3 Å². The van der Waals surface area contributed by atoms with Crippen LogP contribution in [0.2, 0.25) is 0 Å². The van der Waals surface area contributed by atoms with Gasteiger partial charge >= 0.3 is 0 Å². The monoisotopic (exact) mass is 381 g/mol. The number of aromatic nitrogens is 2. The highest BCUT2D eigenvalue weighted by Crippen LogP contribution is 2.40. The Morgan fingerprint density at radius 1 is 1.18 bits per heavy atom. The molecule has 3 aromatic rings. The zero-order valence-electron chi connectivity index (χ0n) is 17.8. The Bertz CT molecular complexity index is 972. The van der Waals surface area contributed by atoms with Crippen molar-refractivity contribution in [2.45, 2.75) is 60.3 Å². The number of aryl methyl sites for hydroxylation is 2. The quantitative estimate of drug-likeness (QED) is 0.582. The van der Waals surface area contributed by atoms with E-state index in [2.05, 4.69) is 24.2 Å². The zero-order valence-corrected chi connectivity index (χ0v) is 17.8. The number of hydrogen-bond donors (Lipinski definition) is 1. The minimum atomic E-state index is 0.648. The summed E-state index contributed by atoms with van der Waals surface area (Å²) in [6.45, 7) is 10.2. The Balaban J connectivity index is 0.00000109. The number of methoxy groups -OCH3 is 1. The molecule has 1 unspecified atom stereocenters. The number of nitrogens with zero attached hydrogens (tertiary/aromatic N) is 2. The molecule has 2 aromatic heterocycles. The van der Waals surface area contributed by atoms with Crippen molar-refractivity contribution in [2.75, 3.05) is 12.8 Å². The van der Waals surface area contributed by atoms with E-state index < -0.39 is 0 Å². The fourth-order valence-corrected chi connectivity index (χ4v) is 4.24. The summed E-state index contributed by atoms with van der Waals surface area (Å²) in [7, 11) is 1.70. The number of anilines is 1. The van der Waals surface area contributed by atoms with Gasteiger partial charge in [0.2, 0.25) is 0 Å². The lowest BCUT2D eigenvalue weighted by atomic mass is 9.93. The molecule has 5 heteroatoms. The lowest BCUT2D eigenvalue weighted by molar-refractivity contribution is 0.393. The number of pyridine rings is 1. The van der Waals surface area contributed by atoms with Crippen molar-refractivity contribution in [1.29, 1.82) is 0 Å². The minimum Gasteiger partial charge on any atom is -0.496 e. The first-order valence-corrected chi connectivity index (χ1v) is 10.2. The number of ether oxygens (including phenoxy) is 1. The second kappa shape index (κ2) is 8.21. The van der Waals surface area contributed by atoms with Crippen LogP contribution in [0, 0.1) is 19.8 Å². The normalized spacial score (nSPS) is 16.1. The molecule has 4 rings (SSSR count). The van der Waals surface area contributed by atoms with E-state index in [1.54, 1.807) is 7.11 Å². The van der Waals surface area contributed by atoms with Crippen LogP contribution in [0.4, 0.5) is 5.82 Å². The van der Waals surface area contributed by atoms with E-state index in [1.807, 2.05) is 27.7 Å². The van der Waals surface area contributed by atoms with Gasteiger partial charge in [0.05, 0.1) is 23.9 Å². The highest BCUT2D eigenvalue weighted by molar-refractivity contribution is 5.93. The number of fused-ring (bicyclic) bond motifs is 3. The third kappa shape index (κ3) is 3.46. The van der Waals surface area contributed by atoms with Crippen LogP contribution in [0.5, 0.6) is 5.75 Å². The largest absolute Gasteiger partial charge is 0.496 e. The molecule has 150 valence electrons. The first-order chi connectivity index (χ1) is 13.5. The van der Waals surface area contributed by atoms with E-state index >= 15 is 0 Å². The third-order valence-corrected chi connectivity index (χ3v) is 5.54. The topological polar surface area (TPSA) is 74.2 Å². The molecule has 5 nitrogen and oxygen atoms in total. The minimum absolute atomic E-state index is 0.648. The van der Waals surface area contributed by atoms with Crippen LogP contribution in [0.3, 0.4) is 0 Å². The van der Waals surface area contributed by atoms with Gasteiger partial charge in [0.25, 0.3) is 0 Å². The Morgan fingerprint density at radius 3 is 2.57 bits per heavy atom. The molecule has 1 aliphatic carbocycles. The van der Waals surface area contributed by atoms with Gasteiger partial charge in [0.1, 0.15) is 17.3 Å². The molecular weight excluding hydrogens is 350 g/mol. The Labute approximate surface area is 167 Å². The van der Waals surface area contributed by atoms with Crippen molar-refractivity contribution in [3.63, 3.8) is 0 Å². The Hall–Kier alpha value is -2.56. The van der Waals surface area contributed by atoms with Crippen LogP contribution in [0.1, 0.15) is 56.2 Å². The Morgan fingerprint density at radius 2 is 1.93 bits per heavy atom. The SMILES string of the molecule is CC.COc1cc2c3c(c(N)nc2cc1-c1c(C)noc1C)CCCC(C)C3. The molecule has 28 heavy (non-hydrogen) atoms. The molecule has 0 spiro atoms. The van der Waals surface area contributed by atoms with Gasteiger partial charge in [-0.15, -0.1) is 0 Å². The lowest BCUT2D eigenvalue weighted by Gasteiger charge is -2.17. The summed E-state index contributed by atoms with van der Waals surface area (Å²) in [6, 6.07) is 4.17. The smallest absolute Gasteiger partial charge is 0.141 e. The maximum Gasteiger partial charge on any atom is 0.141 e. The summed E-state index contributed by atoms with van der Waals surface area (Å²) in [5, 5.41) is 5.23. The summed E-state index contributed by atoms with van der Waals surface area (Å²) >= 11 is 0. The number of nitrogens with two attached hydrogens (primary N) is 1. The molecule has 0 bridgehead atoms. The van der Waals surface area contributed by atoms with Gasteiger partial charge in [-0.3, -0.25) is 0 Å². The van der Waals surface area contributed by atoms with Crippen LogP contribution >= 0.6 is 0 Å². The van der Waals surface area contributed by atoms with Crippen molar-refractivity contribution >= 4 is 16.7 Å². The second-order valence-corrected chi connectivity index (χ2v) is 7.42. The number of benzene rings is 1. The molecule has 0 radical (unpaired) electrons. The summed E-state index contributed by atoms with van der Waals surface area (Å²) < 4.78 is 11.1. The highest BCUT2D eigenvalue weighted by Gasteiger charge is 2.22. The van der Waals surface area contributed by atoms with Gasteiger partial charge < -0.3 is 15.0 Å². The molecular formula is C23H31N3O2. The van der Waals surface area contributed by atoms with E-state index in [1.165, 1.54) is 24.0 Å². The van der Waals surface area contributed by atoms with Crippen LogP contribution in [0.15, 0.2) is 16.7 Å². The molecule has 0 aliphatic heterocycles. The van der Waals surface area contributed by atoms with Crippen molar-refractivity contribution in [1.82, 2.24) is 10.1 Å². The summed E-state index contributed by atoms with van der Waals surface area (Å²) in [4.78, 5) is 4.73. The molecule has 0 saturated heterocycles. The summed E-state index contributed by atoms with van der Waals surface area (Å²) in [5.41, 5.74) is 12.6. The number of hydrogen-bond acceptors (Lipinski definition) is 5. The molecule has 0 amide bonds. The summed E-state index contributed by atoms with van der Waals surface area (Å²) in [6.07, 6.45) is 4.43. The molecule has 1 aliphatic rings. The maximum absolute atomic E-state index is 6.35. The molecule has 1 aromatic carbocycles. The van der Waals surface area contributed by atoms with Gasteiger partial charge in [-0.25, -0.2) is 4.98 Å². The molecule has 0 fully saturated rings. The van der Waals surface area contributed by atoms with E-state index in [-0.39, 0.29) is 0 Å². The average molecular weight is 382 g/mol. The van der Waals surface area contributed by atoms with E-state index in [0.717, 1.165) is 52.1 Å². The molecule has 1 atom stereocenters. The molecule has 2 heterocycles. The van der Waals surface area contributed by atoms with Crippen molar-refractivity contribution in [2.24, 2.45) is 5.92 Å². The van der Waals surface area contributed by atoms with Crippen LogP contribution in [0.25, 0.3) is 22.0 Å². The number of nitrogen functional groups attached to an aromatic ring is 1. The van der Waals surface area contributed by atoms with E-state index in [9.17, 15) is 0 Å². The maximum atomic E-state index is 6.35.